The summed E-state index contributed by atoms with van der Waals surface area (Å²) >= 11 is 9.80. The molecule has 1 aliphatic carbocycles. The number of para-hydroxylation sites is 1. The highest BCUT2D eigenvalue weighted by Crippen LogP contribution is 2.40. The Kier molecular flexibility index (Phi) is 7.45. The minimum absolute atomic E-state index is 0.134. The second-order valence-corrected chi connectivity index (χ2v) is 11.6. The first-order chi connectivity index (χ1) is 19.8. The Morgan fingerprint density at radius 1 is 0.927 bits per heavy atom. The van der Waals surface area contributed by atoms with Crippen molar-refractivity contribution in [3.8, 4) is 11.3 Å². The van der Waals surface area contributed by atoms with E-state index in [-0.39, 0.29) is 35.0 Å². The largest absolute Gasteiger partial charge is 0.454 e. The maximum absolute atomic E-state index is 13.2. The number of ketones is 1. The maximum atomic E-state index is 13.2. The first kappa shape index (κ1) is 27.3. The highest BCUT2D eigenvalue weighted by molar-refractivity contribution is 9.10. The highest BCUT2D eigenvalue weighted by Gasteiger charge is 2.48. The summed E-state index contributed by atoms with van der Waals surface area (Å²) < 4.78 is 6.25. The van der Waals surface area contributed by atoms with E-state index in [9.17, 15) is 19.2 Å². The number of ether oxygens (including phenoxy) is 1. The molecule has 0 bridgehead atoms. The van der Waals surface area contributed by atoms with E-state index in [0.717, 1.165) is 30.2 Å². The van der Waals surface area contributed by atoms with Gasteiger partial charge in [-0.25, -0.2) is 9.78 Å². The number of amides is 2. The number of anilines is 1. The van der Waals surface area contributed by atoms with Gasteiger partial charge in [-0.15, -0.1) is 0 Å². The molecule has 2 amide bonds. The van der Waals surface area contributed by atoms with Gasteiger partial charge in [0.25, 0.3) is 0 Å². The van der Waals surface area contributed by atoms with Crippen molar-refractivity contribution in [2.45, 2.75) is 25.7 Å². The van der Waals surface area contributed by atoms with E-state index in [1.807, 2.05) is 0 Å². The zero-order chi connectivity index (χ0) is 28.7. The van der Waals surface area contributed by atoms with Crippen LogP contribution in [0.15, 0.2) is 77.3 Å². The molecular formula is C32H24BrClN2O5. The predicted octanol–water partition coefficient (Wildman–Crippen LogP) is 7.04. The highest BCUT2D eigenvalue weighted by atomic mass is 79.9. The fourth-order valence-corrected chi connectivity index (χ4v) is 6.14. The molecular weight excluding hydrogens is 608 g/mol. The number of esters is 1. The maximum Gasteiger partial charge on any atom is 0.339 e. The van der Waals surface area contributed by atoms with E-state index in [1.165, 1.54) is 4.90 Å². The number of halogens is 2. The number of pyridine rings is 1. The molecule has 1 aromatic heterocycles. The molecule has 2 heterocycles. The normalized spacial score (nSPS) is 18.4. The molecule has 6 rings (SSSR count). The number of fused-ring (bicyclic) bond motifs is 2. The van der Waals surface area contributed by atoms with Gasteiger partial charge in [-0.3, -0.25) is 19.3 Å². The Morgan fingerprint density at radius 2 is 1.59 bits per heavy atom. The number of carbonyl (C=O) groups is 4. The summed E-state index contributed by atoms with van der Waals surface area (Å²) in [6.45, 7) is -0.422. The van der Waals surface area contributed by atoms with E-state index in [0.29, 0.717) is 38.4 Å². The van der Waals surface area contributed by atoms with Crippen molar-refractivity contribution in [3.63, 3.8) is 0 Å². The van der Waals surface area contributed by atoms with Gasteiger partial charge in [0.05, 0.1) is 39.3 Å². The van der Waals surface area contributed by atoms with Gasteiger partial charge in [-0.2, -0.15) is 0 Å². The third-order valence-electron chi connectivity index (χ3n) is 7.77. The molecule has 0 radical (unpaired) electrons. The number of imide groups is 1. The van der Waals surface area contributed by atoms with Gasteiger partial charge >= 0.3 is 5.97 Å². The lowest BCUT2D eigenvalue weighted by Gasteiger charge is -2.19. The molecule has 1 saturated carbocycles. The van der Waals surface area contributed by atoms with Crippen molar-refractivity contribution in [3.05, 3.63) is 93.4 Å². The molecule has 3 aromatic carbocycles. The molecule has 7 nitrogen and oxygen atoms in total. The summed E-state index contributed by atoms with van der Waals surface area (Å²) in [5, 5.41) is 0.853. The number of rotatable bonds is 6. The quantitative estimate of drug-likeness (QED) is 0.129. The van der Waals surface area contributed by atoms with E-state index in [1.54, 1.807) is 72.8 Å². The second-order valence-electron chi connectivity index (χ2n) is 10.3. The van der Waals surface area contributed by atoms with Gasteiger partial charge in [0.1, 0.15) is 0 Å². The molecule has 1 aliphatic heterocycles. The summed E-state index contributed by atoms with van der Waals surface area (Å²) in [4.78, 5) is 57.9. The van der Waals surface area contributed by atoms with Crippen LogP contribution >= 0.6 is 27.5 Å². The van der Waals surface area contributed by atoms with Gasteiger partial charge in [-0.05, 0) is 49.2 Å². The lowest BCUT2D eigenvalue weighted by molar-refractivity contribution is -0.122. The first-order valence-electron chi connectivity index (χ1n) is 13.4. The van der Waals surface area contributed by atoms with Crippen LogP contribution in [0.1, 0.15) is 46.4 Å². The van der Waals surface area contributed by atoms with Crippen molar-refractivity contribution in [2.75, 3.05) is 11.5 Å². The second kappa shape index (κ2) is 11.2. The molecule has 2 unspecified atom stereocenters. The van der Waals surface area contributed by atoms with Crippen LogP contribution in [-0.4, -0.2) is 35.2 Å². The molecule has 41 heavy (non-hydrogen) atoms. The molecule has 206 valence electrons. The number of aromatic nitrogens is 1. The number of Topliss-reactive ketones (excluding diaryl/α,β-unsaturated/α-hetero) is 1. The Bertz CT molecular complexity index is 1680. The Balaban J connectivity index is 1.28. The third-order valence-corrected chi connectivity index (χ3v) is 8.61. The number of hydrogen-bond donors (Lipinski definition) is 0. The standard InChI is InChI=1S/C32H24BrClN2O5/c33-20-12-8-19(9-13-20)28(37)17-41-32(40)25-16-27(35-29-22(25)6-3-7-26(29)34)18-10-14-21(15-11-18)36-30(38)23-4-1-2-5-24(23)31(36)39/h3,6-16,23-24H,1-2,4-5,17H2. The van der Waals surface area contributed by atoms with Gasteiger partial charge in [0.2, 0.25) is 11.8 Å². The Hall–Kier alpha value is -3.88. The van der Waals surface area contributed by atoms with Gasteiger partial charge in [0, 0.05) is 21.0 Å². The molecule has 9 heteroatoms. The minimum atomic E-state index is -0.682. The summed E-state index contributed by atoms with van der Waals surface area (Å²) in [7, 11) is 0. The van der Waals surface area contributed by atoms with Crippen LogP contribution in [0, 0.1) is 11.8 Å². The van der Waals surface area contributed by atoms with Crippen LogP contribution in [0.3, 0.4) is 0 Å². The van der Waals surface area contributed by atoms with Crippen LogP contribution in [0.4, 0.5) is 5.69 Å². The number of hydrogen-bond acceptors (Lipinski definition) is 6. The van der Waals surface area contributed by atoms with Crippen LogP contribution in [0.5, 0.6) is 0 Å². The fraction of sp³-hybridized carbons (Fsp3) is 0.219. The average Bonchev–Trinajstić information content (AvgIpc) is 3.25. The molecule has 2 fully saturated rings. The fourth-order valence-electron chi connectivity index (χ4n) is 5.66. The predicted molar refractivity (Wildman–Crippen MR) is 159 cm³/mol. The van der Waals surface area contributed by atoms with Crippen LogP contribution in [0.25, 0.3) is 22.2 Å². The molecule has 2 aliphatic rings. The minimum Gasteiger partial charge on any atom is -0.454 e. The molecule has 2 atom stereocenters. The lowest BCUT2D eigenvalue weighted by atomic mass is 9.81. The van der Waals surface area contributed by atoms with Crippen molar-refractivity contribution in [1.29, 1.82) is 0 Å². The summed E-state index contributed by atoms with van der Waals surface area (Å²) in [5.41, 5.74) is 2.69. The van der Waals surface area contributed by atoms with Crippen molar-refractivity contribution in [1.82, 2.24) is 4.98 Å². The SMILES string of the molecule is O=C(COC(=O)c1cc(-c2ccc(N3C(=O)C4CCCCC4C3=O)cc2)nc2c(Cl)cccc12)c1ccc(Br)cc1. The Morgan fingerprint density at radius 3 is 2.24 bits per heavy atom. The topological polar surface area (TPSA) is 93.6 Å². The molecule has 0 spiro atoms. The smallest absolute Gasteiger partial charge is 0.339 e. The summed E-state index contributed by atoms with van der Waals surface area (Å²) in [6, 6.07) is 20.5. The Labute approximate surface area is 249 Å². The van der Waals surface area contributed by atoms with E-state index < -0.39 is 12.6 Å². The van der Waals surface area contributed by atoms with Crippen molar-refractivity contribution >= 4 is 67.7 Å². The first-order valence-corrected chi connectivity index (χ1v) is 14.5. The summed E-state index contributed by atoms with van der Waals surface area (Å²) in [6.07, 6.45) is 3.43. The zero-order valence-corrected chi connectivity index (χ0v) is 24.2. The van der Waals surface area contributed by atoms with Gasteiger partial charge < -0.3 is 4.74 Å². The number of benzene rings is 3. The van der Waals surface area contributed by atoms with Crippen LogP contribution in [0.2, 0.25) is 5.02 Å². The van der Waals surface area contributed by atoms with Crippen LogP contribution < -0.4 is 4.90 Å². The van der Waals surface area contributed by atoms with E-state index >= 15 is 0 Å². The van der Waals surface area contributed by atoms with E-state index in [2.05, 4.69) is 15.9 Å². The third kappa shape index (κ3) is 5.18. The van der Waals surface area contributed by atoms with E-state index in [4.69, 9.17) is 21.3 Å². The molecule has 4 aromatic rings. The lowest BCUT2D eigenvalue weighted by Crippen LogP contribution is -2.30. The number of nitrogens with zero attached hydrogens (tertiary/aromatic N) is 2. The van der Waals surface area contributed by atoms with Gasteiger partial charge in [-0.1, -0.05) is 76.8 Å². The van der Waals surface area contributed by atoms with Crippen LogP contribution in [-0.2, 0) is 14.3 Å². The van der Waals surface area contributed by atoms with Crippen molar-refractivity contribution in [2.24, 2.45) is 11.8 Å². The van der Waals surface area contributed by atoms with Crippen molar-refractivity contribution < 1.29 is 23.9 Å². The molecule has 0 N–H and O–H groups in total. The monoisotopic (exact) mass is 630 g/mol. The average molecular weight is 632 g/mol. The number of carbonyl (C=O) groups excluding carboxylic acids is 4. The summed E-state index contributed by atoms with van der Waals surface area (Å²) in [5.74, 6) is -1.74. The zero-order valence-electron chi connectivity index (χ0n) is 21.8. The molecule has 1 saturated heterocycles. The van der Waals surface area contributed by atoms with Gasteiger partial charge in [0.15, 0.2) is 12.4 Å².